The Morgan fingerprint density at radius 3 is 1.23 bits per heavy atom. The van der Waals surface area contributed by atoms with Gasteiger partial charge in [0.1, 0.15) is 65.3 Å². The number of amides is 7. The first-order chi connectivity index (χ1) is 36.7. The predicted octanol–water partition coefficient (Wildman–Crippen LogP) is 0.258. The normalized spacial score (nSPS) is 15.6. The molecule has 0 saturated carbocycles. The standard InChI is InChI=1S/C53H64N8O15S/c1-29(46(68)56-39(21-23-77-2)48(70)60-43(28-45(66)67)52(74)61-44(53(75)76)27-33-11-19-37(65)20-12-33)55-49(71)40(24-30-5-13-34(62)14-6-30)58-51(73)42(26-32-9-17-36(64)18-10-32)59-50(72)41(25-31-7-15-35(63)16-8-31)57-47(69)38-4-3-22-54-38/h5-20,29,38-44,54,62-65H,3-4,21-28H2,1-2H3,(H,55,71)(H,56,68)(H,57,69)(H,58,73)(H,59,72)(H,60,70)(H,61,74)(H,66,67)(H,75,76)/t29-,38-,39-,40-,41-,42-,43-,44-/m0/s1. The number of thioether (sulfide) groups is 1. The van der Waals surface area contributed by atoms with Crippen LogP contribution in [0, 0.1) is 0 Å². The van der Waals surface area contributed by atoms with Crippen molar-refractivity contribution in [2.24, 2.45) is 0 Å². The van der Waals surface area contributed by atoms with Gasteiger partial charge in [-0.15, -0.1) is 0 Å². The van der Waals surface area contributed by atoms with Crippen molar-refractivity contribution >= 4 is 65.1 Å². The zero-order valence-corrected chi connectivity index (χ0v) is 43.0. The Morgan fingerprint density at radius 2 is 0.844 bits per heavy atom. The van der Waals surface area contributed by atoms with Crippen LogP contribution in [-0.2, 0) is 68.8 Å². The second-order valence-corrected chi connectivity index (χ2v) is 19.4. The Balaban J connectivity index is 1.34. The van der Waals surface area contributed by atoms with E-state index >= 15 is 0 Å². The number of rotatable bonds is 28. The summed E-state index contributed by atoms with van der Waals surface area (Å²) in [6.45, 7) is 1.89. The Labute approximate surface area is 447 Å². The van der Waals surface area contributed by atoms with Gasteiger partial charge in [-0.05, 0) is 116 Å². The molecule has 4 aromatic rings. The van der Waals surface area contributed by atoms with Gasteiger partial charge in [0.15, 0.2) is 0 Å². The van der Waals surface area contributed by atoms with Gasteiger partial charge in [0, 0.05) is 25.7 Å². The second kappa shape index (κ2) is 29.1. The summed E-state index contributed by atoms with van der Waals surface area (Å²) in [5.74, 6) is -9.05. The number of aliphatic carboxylic acids is 2. The lowest BCUT2D eigenvalue weighted by Crippen LogP contribution is -2.60. The van der Waals surface area contributed by atoms with E-state index in [0.29, 0.717) is 35.2 Å². The molecule has 7 amide bonds. The number of phenols is 4. The van der Waals surface area contributed by atoms with Gasteiger partial charge in [-0.3, -0.25) is 38.4 Å². The van der Waals surface area contributed by atoms with E-state index in [1.165, 1.54) is 104 Å². The summed E-state index contributed by atoms with van der Waals surface area (Å²) in [7, 11) is 0. The van der Waals surface area contributed by atoms with Crippen molar-refractivity contribution < 1.29 is 73.8 Å². The van der Waals surface area contributed by atoms with Crippen molar-refractivity contribution in [3.63, 3.8) is 0 Å². The van der Waals surface area contributed by atoms with Gasteiger partial charge in [0.25, 0.3) is 0 Å². The zero-order valence-electron chi connectivity index (χ0n) is 42.2. The third-order valence-electron chi connectivity index (χ3n) is 12.4. The lowest BCUT2D eigenvalue weighted by molar-refractivity contribution is -0.143. The molecule has 1 heterocycles. The van der Waals surface area contributed by atoms with Crippen LogP contribution in [0.15, 0.2) is 97.1 Å². The Hall–Kier alpha value is -8.38. The number of aromatic hydroxyl groups is 4. The summed E-state index contributed by atoms with van der Waals surface area (Å²) in [4.78, 5) is 122. The van der Waals surface area contributed by atoms with Crippen molar-refractivity contribution in [2.45, 2.75) is 107 Å². The summed E-state index contributed by atoms with van der Waals surface area (Å²) < 4.78 is 0. The number of hydrogen-bond donors (Lipinski definition) is 14. The molecule has 77 heavy (non-hydrogen) atoms. The molecule has 412 valence electrons. The lowest BCUT2D eigenvalue weighted by atomic mass is 10.0. The highest BCUT2D eigenvalue weighted by molar-refractivity contribution is 7.98. The molecule has 0 aliphatic carbocycles. The van der Waals surface area contributed by atoms with Crippen molar-refractivity contribution in [3.05, 3.63) is 119 Å². The number of carboxylic acid groups (broad SMARTS) is 2. The van der Waals surface area contributed by atoms with E-state index < -0.39 is 108 Å². The number of hydrogen-bond acceptors (Lipinski definition) is 15. The number of carbonyl (C=O) groups is 9. The highest BCUT2D eigenvalue weighted by Gasteiger charge is 2.35. The van der Waals surface area contributed by atoms with Gasteiger partial charge in [-0.1, -0.05) is 48.5 Å². The summed E-state index contributed by atoms with van der Waals surface area (Å²) in [5.41, 5.74) is 1.91. The lowest BCUT2D eigenvalue weighted by Gasteiger charge is -2.27. The maximum atomic E-state index is 14.5. The third-order valence-corrected chi connectivity index (χ3v) is 13.0. The number of carbonyl (C=O) groups excluding carboxylic acids is 7. The minimum Gasteiger partial charge on any atom is -0.508 e. The Kier molecular flexibility index (Phi) is 22.5. The van der Waals surface area contributed by atoms with Crippen LogP contribution in [0.5, 0.6) is 23.0 Å². The molecule has 1 saturated heterocycles. The van der Waals surface area contributed by atoms with Crippen LogP contribution in [0.4, 0.5) is 0 Å². The molecule has 5 rings (SSSR count). The first-order valence-corrected chi connectivity index (χ1v) is 26.0. The average Bonchev–Trinajstić information content (AvgIpc) is 3.94. The average molecular weight is 1090 g/mol. The predicted molar refractivity (Wildman–Crippen MR) is 280 cm³/mol. The van der Waals surface area contributed by atoms with E-state index in [9.17, 15) is 73.8 Å². The topological polar surface area (TPSA) is 371 Å². The van der Waals surface area contributed by atoms with Gasteiger partial charge in [0.2, 0.25) is 41.4 Å². The fraction of sp³-hybridized carbons (Fsp3) is 0.377. The zero-order chi connectivity index (χ0) is 56.2. The molecule has 0 spiro atoms. The van der Waals surface area contributed by atoms with E-state index in [1.807, 2.05) is 0 Å². The van der Waals surface area contributed by atoms with Crippen LogP contribution >= 0.6 is 11.8 Å². The molecule has 1 aliphatic rings. The highest BCUT2D eigenvalue weighted by atomic mass is 32.2. The molecule has 4 aromatic carbocycles. The maximum Gasteiger partial charge on any atom is 0.326 e. The third kappa shape index (κ3) is 19.4. The summed E-state index contributed by atoms with van der Waals surface area (Å²) in [6, 6.07) is 12.0. The highest BCUT2D eigenvalue weighted by Crippen LogP contribution is 2.17. The van der Waals surface area contributed by atoms with E-state index in [1.54, 1.807) is 18.4 Å². The smallest absolute Gasteiger partial charge is 0.326 e. The minimum atomic E-state index is -1.81. The maximum absolute atomic E-state index is 14.5. The van der Waals surface area contributed by atoms with Crippen molar-refractivity contribution in [3.8, 4) is 23.0 Å². The van der Waals surface area contributed by atoms with Crippen molar-refractivity contribution in [1.29, 1.82) is 0 Å². The first-order valence-electron chi connectivity index (χ1n) is 24.6. The molecule has 1 aliphatic heterocycles. The van der Waals surface area contributed by atoms with Gasteiger partial charge in [0.05, 0.1) is 12.5 Å². The van der Waals surface area contributed by atoms with Crippen LogP contribution in [0.2, 0.25) is 0 Å². The van der Waals surface area contributed by atoms with E-state index in [0.717, 1.165) is 6.42 Å². The molecule has 24 heteroatoms. The van der Waals surface area contributed by atoms with Crippen LogP contribution in [0.1, 0.15) is 54.9 Å². The van der Waals surface area contributed by atoms with Crippen LogP contribution in [0.25, 0.3) is 0 Å². The molecule has 23 nitrogen and oxygen atoms in total. The molecule has 0 aromatic heterocycles. The van der Waals surface area contributed by atoms with Gasteiger partial charge < -0.3 is 73.2 Å². The minimum absolute atomic E-state index is 0.0237. The fourth-order valence-corrected chi connectivity index (χ4v) is 8.60. The molecular formula is C53H64N8O15S. The number of carboxylic acids is 2. The molecule has 1 fully saturated rings. The van der Waals surface area contributed by atoms with Gasteiger partial charge in [-0.25, -0.2) is 4.79 Å². The summed E-state index contributed by atoms with van der Waals surface area (Å²) in [5, 5.41) is 79.9. The summed E-state index contributed by atoms with van der Waals surface area (Å²) >= 11 is 1.29. The van der Waals surface area contributed by atoms with Crippen LogP contribution in [0.3, 0.4) is 0 Å². The fourth-order valence-electron chi connectivity index (χ4n) is 8.13. The quantitative estimate of drug-likeness (QED) is 0.0363. The second-order valence-electron chi connectivity index (χ2n) is 18.4. The van der Waals surface area contributed by atoms with E-state index in [2.05, 4.69) is 42.5 Å². The van der Waals surface area contributed by atoms with Crippen LogP contribution < -0.4 is 42.5 Å². The molecule has 14 N–H and O–H groups in total. The summed E-state index contributed by atoms with van der Waals surface area (Å²) in [6.07, 6.45) is 1.26. The van der Waals surface area contributed by atoms with E-state index in [-0.39, 0.29) is 60.9 Å². The van der Waals surface area contributed by atoms with Gasteiger partial charge in [-0.2, -0.15) is 11.8 Å². The largest absolute Gasteiger partial charge is 0.508 e. The molecule has 8 atom stereocenters. The number of nitrogens with one attached hydrogen (secondary N) is 8. The van der Waals surface area contributed by atoms with Crippen LogP contribution in [-0.4, -0.2) is 151 Å². The molecule has 0 radical (unpaired) electrons. The number of phenolic OH excluding ortho intramolecular Hbond substituents is 4. The molecule has 0 bridgehead atoms. The number of benzene rings is 4. The van der Waals surface area contributed by atoms with Gasteiger partial charge >= 0.3 is 11.9 Å². The van der Waals surface area contributed by atoms with Crippen molar-refractivity contribution in [2.75, 3.05) is 18.6 Å². The molecular weight excluding hydrogens is 1020 g/mol. The monoisotopic (exact) mass is 1080 g/mol. The molecule has 0 unspecified atom stereocenters. The Morgan fingerprint density at radius 1 is 0.494 bits per heavy atom. The van der Waals surface area contributed by atoms with E-state index in [4.69, 9.17) is 0 Å². The van der Waals surface area contributed by atoms with Crippen molar-refractivity contribution in [1.82, 2.24) is 42.5 Å². The Bertz CT molecular complexity index is 2690. The SMILES string of the molecule is CSCC[C@H](NC(=O)[C@H](C)NC(=O)[C@H](Cc1ccc(O)cc1)NC(=O)[C@H](Cc1ccc(O)cc1)NC(=O)[C@H](Cc1ccc(O)cc1)NC(=O)[C@@H]1CCCN1)C(=O)N[C@@H](CC(=O)O)C(=O)N[C@@H](Cc1ccc(O)cc1)C(=O)O. The first kappa shape index (κ1) is 59.5.